The van der Waals surface area contributed by atoms with Crippen LogP contribution in [-0.2, 0) is 12.8 Å². The van der Waals surface area contributed by atoms with Crippen molar-refractivity contribution in [3.05, 3.63) is 41.7 Å². The van der Waals surface area contributed by atoms with Crippen molar-refractivity contribution in [3.8, 4) is 11.5 Å². The highest BCUT2D eigenvalue weighted by Gasteiger charge is 2.21. The number of fused-ring (bicyclic) bond motifs is 1. The van der Waals surface area contributed by atoms with Crippen molar-refractivity contribution in [2.45, 2.75) is 12.8 Å². The quantitative estimate of drug-likeness (QED) is 0.922. The Labute approximate surface area is 117 Å². The van der Waals surface area contributed by atoms with Gasteiger partial charge in [0.2, 0.25) is 5.95 Å². The first-order valence-corrected chi connectivity index (χ1v) is 6.61. The Hall–Kier alpha value is -2.30. The standard InChI is InChI=1S/C15H17N3O2/c1-19-13-3-2-11-6-10(9-20-14(11)8-13)7-12-4-5-17-15(16)18-12/h2-5,8,10H,6-7,9H2,1H3,(H2,16,17,18)/t10-/m0/s1. The summed E-state index contributed by atoms with van der Waals surface area (Å²) in [5.41, 5.74) is 7.78. The number of hydrogen-bond donors (Lipinski definition) is 1. The van der Waals surface area contributed by atoms with Crippen LogP contribution >= 0.6 is 0 Å². The zero-order valence-corrected chi connectivity index (χ0v) is 11.4. The number of nitrogens with zero attached hydrogens (tertiary/aromatic N) is 2. The predicted octanol–water partition coefficient (Wildman–Crippen LogP) is 1.86. The molecule has 2 aromatic rings. The van der Waals surface area contributed by atoms with Crippen LogP contribution < -0.4 is 15.2 Å². The zero-order valence-electron chi connectivity index (χ0n) is 11.4. The Morgan fingerprint density at radius 1 is 1.40 bits per heavy atom. The van der Waals surface area contributed by atoms with E-state index in [-0.39, 0.29) is 0 Å². The third-order valence-electron chi connectivity index (χ3n) is 3.49. The van der Waals surface area contributed by atoms with Crippen LogP contribution in [0.2, 0.25) is 0 Å². The molecule has 0 saturated heterocycles. The molecule has 20 heavy (non-hydrogen) atoms. The van der Waals surface area contributed by atoms with E-state index in [9.17, 15) is 0 Å². The maximum atomic E-state index is 5.83. The second kappa shape index (κ2) is 5.36. The fourth-order valence-corrected chi connectivity index (χ4v) is 2.50. The van der Waals surface area contributed by atoms with Crippen molar-refractivity contribution in [1.29, 1.82) is 0 Å². The summed E-state index contributed by atoms with van der Waals surface area (Å²) in [6.45, 7) is 0.685. The fraction of sp³-hybridized carbons (Fsp3) is 0.333. The highest BCUT2D eigenvalue weighted by Crippen LogP contribution is 2.31. The molecule has 0 saturated carbocycles. The lowest BCUT2D eigenvalue weighted by Gasteiger charge is -2.25. The second-order valence-electron chi connectivity index (χ2n) is 4.97. The lowest BCUT2D eigenvalue weighted by molar-refractivity contribution is 0.219. The summed E-state index contributed by atoms with van der Waals surface area (Å²) in [6, 6.07) is 7.87. The molecule has 104 valence electrons. The van der Waals surface area contributed by atoms with Gasteiger partial charge in [0.05, 0.1) is 13.7 Å². The van der Waals surface area contributed by atoms with Crippen LogP contribution in [0.4, 0.5) is 5.95 Å². The molecule has 0 amide bonds. The molecule has 0 fully saturated rings. The third kappa shape index (κ3) is 2.66. The molecule has 0 spiro atoms. The lowest BCUT2D eigenvalue weighted by atomic mass is 9.92. The Bertz CT molecular complexity index is 616. The van der Waals surface area contributed by atoms with Gasteiger partial charge in [0.25, 0.3) is 0 Å². The highest BCUT2D eigenvalue weighted by molar-refractivity contribution is 5.42. The molecule has 0 aliphatic carbocycles. The number of rotatable bonds is 3. The van der Waals surface area contributed by atoms with Crippen LogP contribution in [0.15, 0.2) is 30.5 Å². The van der Waals surface area contributed by atoms with Crippen molar-refractivity contribution in [2.75, 3.05) is 19.5 Å². The SMILES string of the molecule is COc1ccc2c(c1)OC[C@H](Cc1ccnc(N)n1)C2. The lowest BCUT2D eigenvalue weighted by Crippen LogP contribution is -2.23. The Morgan fingerprint density at radius 3 is 3.10 bits per heavy atom. The number of nitrogens with two attached hydrogens (primary N) is 1. The van der Waals surface area contributed by atoms with E-state index in [2.05, 4.69) is 16.0 Å². The first-order chi connectivity index (χ1) is 9.74. The molecule has 1 aromatic heterocycles. The van der Waals surface area contributed by atoms with Gasteiger partial charge in [-0.25, -0.2) is 9.97 Å². The molecule has 2 heterocycles. The average molecular weight is 271 g/mol. The van der Waals surface area contributed by atoms with Gasteiger partial charge in [-0.05, 0) is 30.5 Å². The Balaban J connectivity index is 1.72. The molecule has 1 atom stereocenters. The van der Waals surface area contributed by atoms with E-state index in [0.717, 1.165) is 30.0 Å². The molecule has 1 aromatic carbocycles. The summed E-state index contributed by atoms with van der Waals surface area (Å²) in [7, 11) is 1.66. The molecule has 5 heteroatoms. The van der Waals surface area contributed by atoms with Crippen LogP contribution in [-0.4, -0.2) is 23.7 Å². The second-order valence-corrected chi connectivity index (χ2v) is 4.97. The van der Waals surface area contributed by atoms with Gasteiger partial charge in [-0.15, -0.1) is 0 Å². The van der Waals surface area contributed by atoms with Crippen LogP contribution in [0, 0.1) is 5.92 Å². The molecule has 1 aliphatic rings. The van der Waals surface area contributed by atoms with Crippen molar-refractivity contribution < 1.29 is 9.47 Å². The minimum atomic E-state index is 0.323. The maximum absolute atomic E-state index is 5.83. The fourth-order valence-electron chi connectivity index (χ4n) is 2.50. The van der Waals surface area contributed by atoms with Gasteiger partial charge in [0, 0.05) is 23.9 Å². The monoisotopic (exact) mass is 271 g/mol. The number of benzene rings is 1. The number of methoxy groups -OCH3 is 1. The molecule has 3 rings (SSSR count). The van der Waals surface area contributed by atoms with E-state index in [1.54, 1.807) is 13.3 Å². The van der Waals surface area contributed by atoms with Crippen molar-refractivity contribution in [2.24, 2.45) is 5.92 Å². The normalized spacial score (nSPS) is 17.1. The summed E-state index contributed by atoms with van der Waals surface area (Å²) in [6.07, 6.45) is 3.52. The number of ether oxygens (including phenoxy) is 2. The number of aromatic nitrogens is 2. The smallest absolute Gasteiger partial charge is 0.220 e. The summed E-state index contributed by atoms with van der Waals surface area (Å²) >= 11 is 0. The molecular weight excluding hydrogens is 254 g/mol. The Kier molecular flexibility index (Phi) is 3.41. The number of hydrogen-bond acceptors (Lipinski definition) is 5. The molecule has 5 nitrogen and oxygen atoms in total. The van der Waals surface area contributed by atoms with Crippen LogP contribution in [0.1, 0.15) is 11.3 Å². The van der Waals surface area contributed by atoms with Gasteiger partial charge in [-0.2, -0.15) is 0 Å². The Morgan fingerprint density at radius 2 is 2.30 bits per heavy atom. The van der Waals surface area contributed by atoms with Gasteiger partial charge in [0.15, 0.2) is 0 Å². The average Bonchev–Trinajstić information content (AvgIpc) is 2.47. The maximum Gasteiger partial charge on any atom is 0.220 e. The zero-order chi connectivity index (χ0) is 13.9. The van der Waals surface area contributed by atoms with Gasteiger partial charge in [0.1, 0.15) is 11.5 Å². The minimum Gasteiger partial charge on any atom is -0.497 e. The largest absolute Gasteiger partial charge is 0.497 e. The molecule has 0 bridgehead atoms. The van der Waals surface area contributed by atoms with Gasteiger partial charge < -0.3 is 15.2 Å². The van der Waals surface area contributed by atoms with E-state index in [1.165, 1.54) is 5.56 Å². The van der Waals surface area contributed by atoms with Crippen molar-refractivity contribution in [1.82, 2.24) is 9.97 Å². The van der Waals surface area contributed by atoms with Gasteiger partial charge in [-0.1, -0.05) is 6.07 Å². The molecule has 1 aliphatic heterocycles. The van der Waals surface area contributed by atoms with Crippen molar-refractivity contribution >= 4 is 5.95 Å². The van der Waals surface area contributed by atoms with Crippen LogP contribution in [0.3, 0.4) is 0 Å². The van der Waals surface area contributed by atoms with Crippen LogP contribution in [0.5, 0.6) is 11.5 Å². The highest BCUT2D eigenvalue weighted by atomic mass is 16.5. The number of nitrogen functional groups attached to an aromatic ring is 1. The van der Waals surface area contributed by atoms with E-state index < -0.39 is 0 Å². The van der Waals surface area contributed by atoms with E-state index in [1.807, 2.05) is 18.2 Å². The summed E-state index contributed by atoms with van der Waals surface area (Å²) in [5.74, 6) is 2.48. The van der Waals surface area contributed by atoms with Crippen LogP contribution in [0.25, 0.3) is 0 Å². The van der Waals surface area contributed by atoms with Gasteiger partial charge in [-0.3, -0.25) is 0 Å². The molecule has 0 radical (unpaired) electrons. The number of anilines is 1. The summed E-state index contributed by atoms with van der Waals surface area (Å²) < 4.78 is 11.0. The third-order valence-corrected chi connectivity index (χ3v) is 3.49. The van der Waals surface area contributed by atoms with Gasteiger partial charge >= 0.3 is 0 Å². The predicted molar refractivity (Wildman–Crippen MR) is 75.8 cm³/mol. The van der Waals surface area contributed by atoms with E-state index in [0.29, 0.717) is 18.5 Å². The molecule has 0 unspecified atom stereocenters. The first-order valence-electron chi connectivity index (χ1n) is 6.61. The van der Waals surface area contributed by atoms with Crippen molar-refractivity contribution in [3.63, 3.8) is 0 Å². The van der Waals surface area contributed by atoms with E-state index >= 15 is 0 Å². The molecule has 2 N–H and O–H groups in total. The topological polar surface area (TPSA) is 70.3 Å². The molecular formula is C15H17N3O2. The summed E-state index contributed by atoms with van der Waals surface area (Å²) in [4.78, 5) is 8.15. The first kappa shape index (κ1) is 12.7. The minimum absolute atomic E-state index is 0.323. The van der Waals surface area contributed by atoms with E-state index in [4.69, 9.17) is 15.2 Å². The summed E-state index contributed by atoms with van der Waals surface area (Å²) in [5, 5.41) is 0.